The SMILES string of the molecule is O=C(Cn1nnc2ccccc2c1=O)NCCc1cccc(O)c1. The fourth-order valence-corrected chi connectivity index (χ4v) is 2.38. The Hall–Kier alpha value is -3.22. The maximum absolute atomic E-state index is 12.2. The molecule has 2 aromatic carbocycles. The maximum atomic E-state index is 12.2. The predicted molar refractivity (Wildman–Crippen MR) is 88.6 cm³/mol. The third-order valence-corrected chi connectivity index (χ3v) is 3.57. The van der Waals surface area contributed by atoms with Crippen LogP contribution in [0.4, 0.5) is 0 Å². The number of amides is 1. The van der Waals surface area contributed by atoms with Crippen LogP contribution in [0.2, 0.25) is 0 Å². The van der Waals surface area contributed by atoms with E-state index in [4.69, 9.17) is 0 Å². The van der Waals surface area contributed by atoms with Crippen molar-refractivity contribution in [3.63, 3.8) is 0 Å². The number of carbonyl (C=O) groups is 1. The van der Waals surface area contributed by atoms with Gasteiger partial charge in [0, 0.05) is 6.54 Å². The van der Waals surface area contributed by atoms with Gasteiger partial charge in [-0.1, -0.05) is 29.5 Å². The number of aromatic hydroxyl groups is 1. The summed E-state index contributed by atoms with van der Waals surface area (Å²) in [6.45, 7) is 0.217. The van der Waals surface area contributed by atoms with Crippen LogP contribution >= 0.6 is 0 Å². The Labute approximate surface area is 137 Å². The number of carbonyl (C=O) groups excluding carboxylic acids is 1. The molecule has 0 fully saturated rings. The second-order valence-electron chi connectivity index (χ2n) is 5.34. The van der Waals surface area contributed by atoms with Gasteiger partial charge in [-0.3, -0.25) is 9.59 Å². The van der Waals surface area contributed by atoms with E-state index in [0.29, 0.717) is 23.9 Å². The summed E-state index contributed by atoms with van der Waals surface area (Å²) in [6.07, 6.45) is 0.582. The minimum atomic E-state index is -0.344. The Morgan fingerprint density at radius 3 is 2.83 bits per heavy atom. The fourth-order valence-electron chi connectivity index (χ4n) is 2.38. The highest BCUT2D eigenvalue weighted by molar-refractivity contribution is 5.78. The van der Waals surface area contributed by atoms with Gasteiger partial charge in [-0.2, -0.15) is 0 Å². The number of benzene rings is 2. The highest BCUT2D eigenvalue weighted by atomic mass is 16.3. The Morgan fingerprint density at radius 2 is 2.00 bits per heavy atom. The Morgan fingerprint density at radius 1 is 1.17 bits per heavy atom. The molecule has 0 unspecified atom stereocenters. The third kappa shape index (κ3) is 3.57. The summed E-state index contributed by atoms with van der Waals surface area (Å²) >= 11 is 0. The second kappa shape index (κ2) is 6.91. The van der Waals surface area contributed by atoms with Crippen LogP contribution in [-0.2, 0) is 17.8 Å². The van der Waals surface area contributed by atoms with E-state index in [1.807, 2.05) is 6.07 Å². The molecule has 122 valence electrons. The number of fused-ring (bicyclic) bond motifs is 1. The number of rotatable bonds is 5. The molecule has 1 aromatic heterocycles. The Balaban J connectivity index is 1.61. The van der Waals surface area contributed by atoms with Crippen molar-refractivity contribution < 1.29 is 9.90 Å². The van der Waals surface area contributed by atoms with E-state index in [-0.39, 0.29) is 23.8 Å². The summed E-state index contributed by atoms with van der Waals surface area (Å²) in [6, 6.07) is 13.7. The van der Waals surface area contributed by atoms with Gasteiger partial charge in [-0.05, 0) is 36.2 Å². The standard InChI is InChI=1S/C17H16N4O3/c22-13-5-3-4-12(10-13)8-9-18-16(23)11-21-17(24)14-6-1-2-7-15(14)19-20-21/h1-7,10,22H,8-9,11H2,(H,18,23). The third-order valence-electron chi connectivity index (χ3n) is 3.57. The molecule has 0 atom stereocenters. The van der Waals surface area contributed by atoms with Crippen molar-refractivity contribution in [2.75, 3.05) is 6.54 Å². The molecule has 1 amide bonds. The minimum absolute atomic E-state index is 0.184. The topological polar surface area (TPSA) is 97.1 Å². The molecule has 0 aliphatic heterocycles. The zero-order chi connectivity index (χ0) is 16.9. The molecule has 2 N–H and O–H groups in total. The summed E-state index contributed by atoms with van der Waals surface area (Å²) in [4.78, 5) is 24.2. The quantitative estimate of drug-likeness (QED) is 0.725. The van der Waals surface area contributed by atoms with Gasteiger partial charge in [-0.25, -0.2) is 4.68 Å². The molecule has 0 radical (unpaired) electrons. The number of aromatic nitrogens is 3. The zero-order valence-corrected chi connectivity index (χ0v) is 12.8. The van der Waals surface area contributed by atoms with Crippen molar-refractivity contribution in [3.05, 3.63) is 64.4 Å². The summed E-state index contributed by atoms with van der Waals surface area (Å²) in [5.41, 5.74) is 1.07. The number of nitrogens with zero attached hydrogens (tertiary/aromatic N) is 3. The van der Waals surface area contributed by atoms with Crippen LogP contribution < -0.4 is 10.9 Å². The van der Waals surface area contributed by atoms with Crippen LogP contribution in [0.15, 0.2) is 53.3 Å². The lowest BCUT2D eigenvalue weighted by atomic mass is 10.1. The van der Waals surface area contributed by atoms with Crippen LogP contribution in [0.1, 0.15) is 5.56 Å². The second-order valence-corrected chi connectivity index (χ2v) is 5.34. The van der Waals surface area contributed by atoms with Crippen LogP contribution in [0, 0.1) is 0 Å². The molecule has 0 saturated heterocycles. The molecule has 7 heteroatoms. The first-order valence-corrected chi connectivity index (χ1v) is 7.50. The van der Waals surface area contributed by atoms with Gasteiger partial charge < -0.3 is 10.4 Å². The van der Waals surface area contributed by atoms with E-state index < -0.39 is 0 Å². The molecule has 0 spiro atoms. The van der Waals surface area contributed by atoms with Gasteiger partial charge in [0.15, 0.2) is 0 Å². The number of phenols is 1. The van der Waals surface area contributed by atoms with E-state index in [1.54, 1.807) is 42.5 Å². The molecular weight excluding hydrogens is 308 g/mol. The van der Waals surface area contributed by atoms with Gasteiger partial charge in [0.25, 0.3) is 5.56 Å². The number of hydrogen-bond acceptors (Lipinski definition) is 5. The molecule has 0 aliphatic rings. The van der Waals surface area contributed by atoms with Gasteiger partial charge >= 0.3 is 0 Å². The largest absolute Gasteiger partial charge is 0.508 e. The summed E-state index contributed by atoms with van der Waals surface area (Å²) < 4.78 is 1.05. The van der Waals surface area contributed by atoms with Crippen molar-refractivity contribution in [2.45, 2.75) is 13.0 Å². The highest BCUT2D eigenvalue weighted by Gasteiger charge is 2.09. The van der Waals surface area contributed by atoms with Gasteiger partial charge in [0.1, 0.15) is 17.8 Å². The van der Waals surface area contributed by atoms with Crippen molar-refractivity contribution in [1.29, 1.82) is 0 Å². The van der Waals surface area contributed by atoms with Gasteiger partial charge in [0.2, 0.25) is 5.91 Å². The molecular formula is C17H16N4O3. The van der Waals surface area contributed by atoms with Gasteiger partial charge in [0.05, 0.1) is 5.39 Å². The van der Waals surface area contributed by atoms with E-state index in [1.165, 1.54) is 0 Å². The maximum Gasteiger partial charge on any atom is 0.278 e. The van der Waals surface area contributed by atoms with Crippen molar-refractivity contribution >= 4 is 16.8 Å². The zero-order valence-electron chi connectivity index (χ0n) is 12.8. The molecule has 3 aromatic rings. The summed E-state index contributed by atoms with van der Waals surface area (Å²) in [7, 11) is 0. The van der Waals surface area contributed by atoms with E-state index in [0.717, 1.165) is 10.2 Å². The Bertz CT molecular complexity index is 936. The lowest BCUT2D eigenvalue weighted by Crippen LogP contribution is -2.35. The normalized spacial score (nSPS) is 10.7. The van der Waals surface area contributed by atoms with Crippen LogP contribution in [0.25, 0.3) is 10.9 Å². The first-order chi connectivity index (χ1) is 11.6. The number of nitrogens with one attached hydrogen (secondary N) is 1. The average molecular weight is 324 g/mol. The minimum Gasteiger partial charge on any atom is -0.508 e. The summed E-state index contributed by atoms with van der Waals surface area (Å²) in [5, 5.41) is 20.3. The molecule has 0 aliphatic carbocycles. The first-order valence-electron chi connectivity index (χ1n) is 7.50. The molecule has 0 saturated carbocycles. The molecule has 3 rings (SSSR count). The van der Waals surface area contributed by atoms with Crippen molar-refractivity contribution in [3.8, 4) is 5.75 Å². The van der Waals surface area contributed by atoms with E-state index in [2.05, 4.69) is 15.6 Å². The Kier molecular flexibility index (Phi) is 4.51. The lowest BCUT2D eigenvalue weighted by molar-refractivity contribution is -0.121. The molecule has 24 heavy (non-hydrogen) atoms. The smallest absolute Gasteiger partial charge is 0.278 e. The highest BCUT2D eigenvalue weighted by Crippen LogP contribution is 2.10. The van der Waals surface area contributed by atoms with Crippen LogP contribution in [-0.4, -0.2) is 32.6 Å². The van der Waals surface area contributed by atoms with Crippen LogP contribution in [0.3, 0.4) is 0 Å². The van der Waals surface area contributed by atoms with Crippen LogP contribution in [0.5, 0.6) is 5.75 Å². The first kappa shape index (κ1) is 15.7. The predicted octanol–water partition coefficient (Wildman–Crippen LogP) is 0.856. The van der Waals surface area contributed by atoms with Gasteiger partial charge in [-0.15, -0.1) is 5.10 Å². The van der Waals surface area contributed by atoms with E-state index >= 15 is 0 Å². The van der Waals surface area contributed by atoms with E-state index in [9.17, 15) is 14.7 Å². The molecule has 1 heterocycles. The van der Waals surface area contributed by atoms with Crippen molar-refractivity contribution in [1.82, 2.24) is 20.3 Å². The average Bonchev–Trinajstić information content (AvgIpc) is 2.58. The molecule has 7 nitrogen and oxygen atoms in total. The summed E-state index contributed by atoms with van der Waals surface area (Å²) in [5.74, 6) is -0.126. The van der Waals surface area contributed by atoms with Crippen molar-refractivity contribution in [2.24, 2.45) is 0 Å². The fraction of sp³-hybridized carbons (Fsp3) is 0.176. The number of phenolic OH excluding ortho intramolecular Hbond substituents is 1. The number of hydrogen-bond donors (Lipinski definition) is 2. The monoisotopic (exact) mass is 324 g/mol. The molecule has 0 bridgehead atoms. The lowest BCUT2D eigenvalue weighted by Gasteiger charge is -2.07.